The predicted octanol–water partition coefficient (Wildman–Crippen LogP) is 0.259. The number of carbonyl (C=O) groups is 2. The van der Waals surface area contributed by atoms with E-state index in [1.807, 2.05) is 0 Å². The summed E-state index contributed by atoms with van der Waals surface area (Å²) in [5.41, 5.74) is 0. The van der Waals surface area contributed by atoms with Crippen molar-refractivity contribution in [2.75, 3.05) is 11.5 Å². The molecule has 1 fully saturated rings. The van der Waals surface area contributed by atoms with Gasteiger partial charge in [0.05, 0.1) is 12.2 Å². The van der Waals surface area contributed by atoms with Gasteiger partial charge in [-0.05, 0) is 6.42 Å². The van der Waals surface area contributed by atoms with E-state index in [1.54, 1.807) is 6.92 Å². The van der Waals surface area contributed by atoms with Gasteiger partial charge in [0.15, 0.2) is 9.84 Å². The second-order valence-electron chi connectivity index (χ2n) is 4.00. The van der Waals surface area contributed by atoms with E-state index >= 15 is 0 Å². The minimum atomic E-state index is -3.25. The van der Waals surface area contributed by atoms with E-state index in [-0.39, 0.29) is 36.6 Å². The fourth-order valence-corrected chi connectivity index (χ4v) is 2.79. The molecule has 0 atom stereocenters. The summed E-state index contributed by atoms with van der Waals surface area (Å²) in [4.78, 5) is 27.2. The highest BCUT2D eigenvalue weighted by Crippen LogP contribution is 2.13. The summed E-state index contributed by atoms with van der Waals surface area (Å²) in [6.07, 6.45) is 0.562. The first kappa shape index (κ1) is 14.6. The maximum atomic E-state index is 11.4. The summed E-state index contributed by atoms with van der Waals surface area (Å²) >= 11 is 0. The van der Waals surface area contributed by atoms with Crippen molar-refractivity contribution in [1.82, 2.24) is 5.06 Å². The van der Waals surface area contributed by atoms with Crippen LogP contribution in [0.4, 0.5) is 0 Å². The highest BCUT2D eigenvalue weighted by molar-refractivity contribution is 7.91. The molecule has 1 aliphatic rings. The molecule has 0 aromatic rings. The van der Waals surface area contributed by atoms with E-state index in [9.17, 15) is 18.0 Å². The Morgan fingerprint density at radius 3 is 2.56 bits per heavy atom. The van der Waals surface area contributed by atoms with Gasteiger partial charge < -0.3 is 4.84 Å². The van der Waals surface area contributed by atoms with Crippen molar-refractivity contribution in [2.45, 2.75) is 32.6 Å². The van der Waals surface area contributed by atoms with Crippen LogP contribution in [0.2, 0.25) is 0 Å². The Labute approximate surface area is 105 Å². The summed E-state index contributed by atoms with van der Waals surface area (Å²) in [6, 6.07) is 0. The van der Waals surface area contributed by atoms with Crippen molar-refractivity contribution in [2.24, 2.45) is 0 Å². The second-order valence-corrected chi connectivity index (χ2v) is 6.30. The van der Waals surface area contributed by atoms with E-state index in [0.29, 0.717) is 11.5 Å². The van der Waals surface area contributed by atoms with Crippen molar-refractivity contribution in [3.05, 3.63) is 0 Å². The molecule has 0 radical (unpaired) electrons. The lowest BCUT2D eigenvalue weighted by atomic mass is 10.4. The molecule has 0 bridgehead atoms. The molecule has 0 aliphatic carbocycles. The number of amides is 1. The zero-order valence-corrected chi connectivity index (χ0v) is 11.0. The van der Waals surface area contributed by atoms with E-state index in [2.05, 4.69) is 4.84 Å². The molecule has 1 saturated heterocycles. The van der Waals surface area contributed by atoms with Gasteiger partial charge in [-0.15, -0.1) is 5.06 Å². The first-order valence-corrected chi connectivity index (χ1v) is 7.49. The normalized spacial score (nSPS) is 16.2. The van der Waals surface area contributed by atoms with Crippen molar-refractivity contribution in [1.29, 1.82) is 5.41 Å². The lowest BCUT2D eigenvalue weighted by Gasteiger charge is -2.14. The van der Waals surface area contributed by atoms with Crippen LogP contribution in [0.3, 0.4) is 0 Å². The fraction of sp³-hybridized carbons (Fsp3) is 0.700. The molecule has 1 heterocycles. The number of hydroxylamine groups is 2. The predicted molar refractivity (Wildman–Crippen MR) is 63.5 cm³/mol. The molecule has 7 nitrogen and oxygen atoms in total. The lowest BCUT2D eigenvalue weighted by molar-refractivity contribution is -0.180. The van der Waals surface area contributed by atoms with Gasteiger partial charge in [0.25, 0.3) is 5.91 Å². The zero-order valence-electron chi connectivity index (χ0n) is 10.1. The molecule has 1 N–H and O–H groups in total. The Kier molecular flexibility index (Phi) is 4.83. The molecule has 18 heavy (non-hydrogen) atoms. The highest BCUT2D eigenvalue weighted by atomic mass is 32.2. The first-order chi connectivity index (χ1) is 8.35. The Balaban J connectivity index is 2.43. The number of amidine groups is 1. The van der Waals surface area contributed by atoms with Crippen LogP contribution < -0.4 is 0 Å². The number of nitrogens with one attached hydrogen (secondary N) is 1. The number of nitrogens with zero attached hydrogens (tertiary/aromatic N) is 1. The van der Waals surface area contributed by atoms with Crippen LogP contribution in [0.15, 0.2) is 0 Å². The monoisotopic (exact) mass is 276 g/mol. The van der Waals surface area contributed by atoms with E-state index in [4.69, 9.17) is 5.41 Å². The Bertz CT molecular complexity index is 441. The first-order valence-electron chi connectivity index (χ1n) is 5.67. The zero-order chi connectivity index (χ0) is 13.8. The Morgan fingerprint density at radius 2 is 2.06 bits per heavy atom. The number of hydrogen-bond acceptors (Lipinski definition) is 6. The van der Waals surface area contributed by atoms with Gasteiger partial charge in [-0.2, -0.15) is 0 Å². The molecule has 1 amide bonds. The van der Waals surface area contributed by atoms with Gasteiger partial charge in [-0.1, -0.05) is 6.92 Å². The van der Waals surface area contributed by atoms with E-state index in [0.717, 1.165) is 0 Å². The molecule has 1 aliphatic heterocycles. The molecule has 8 heteroatoms. The molecular weight excluding hydrogens is 260 g/mol. The summed E-state index contributed by atoms with van der Waals surface area (Å²) in [6.45, 7) is 1.74. The summed E-state index contributed by atoms with van der Waals surface area (Å²) in [5, 5.41) is 7.99. The fourth-order valence-electron chi connectivity index (χ4n) is 1.48. The smallest absolute Gasteiger partial charge is 0.332 e. The average molecular weight is 276 g/mol. The van der Waals surface area contributed by atoms with Gasteiger partial charge >= 0.3 is 5.97 Å². The van der Waals surface area contributed by atoms with Gasteiger partial charge in [-0.3, -0.25) is 10.2 Å². The van der Waals surface area contributed by atoms with Crippen LogP contribution in [-0.2, 0) is 24.3 Å². The van der Waals surface area contributed by atoms with Crippen molar-refractivity contribution in [3.8, 4) is 0 Å². The summed E-state index contributed by atoms with van der Waals surface area (Å²) < 4.78 is 22.7. The van der Waals surface area contributed by atoms with Crippen LogP contribution in [-0.4, -0.2) is 42.7 Å². The highest BCUT2D eigenvalue weighted by Gasteiger charge is 2.30. The third-order valence-electron chi connectivity index (χ3n) is 2.37. The summed E-state index contributed by atoms with van der Waals surface area (Å²) in [7, 11) is -3.25. The number of rotatable bonds is 6. The largest absolute Gasteiger partial charge is 0.334 e. The van der Waals surface area contributed by atoms with Gasteiger partial charge in [0.1, 0.15) is 5.84 Å². The van der Waals surface area contributed by atoms with Gasteiger partial charge in [0, 0.05) is 18.6 Å². The molecule has 0 aromatic carbocycles. The Hall–Kier alpha value is -1.44. The van der Waals surface area contributed by atoms with E-state index in [1.165, 1.54) is 0 Å². The maximum Gasteiger partial charge on any atom is 0.334 e. The third-order valence-corrected chi connectivity index (χ3v) is 4.23. The molecule has 0 unspecified atom stereocenters. The van der Waals surface area contributed by atoms with Crippen molar-refractivity contribution >= 4 is 27.5 Å². The molecule has 1 rings (SSSR count). The minimum absolute atomic E-state index is 0.0265. The molecular formula is C10H16N2O5S. The molecule has 0 saturated carbocycles. The molecule has 0 aromatic heterocycles. The summed E-state index contributed by atoms with van der Waals surface area (Å²) in [5.74, 6) is -1.61. The maximum absolute atomic E-state index is 11.4. The van der Waals surface area contributed by atoms with E-state index < -0.39 is 21.7 Å². The standard InChI is InChI=1S/C10H16N2O5S/c1-2-6-18(15,16)7-5-10(14)17-12-8(11)3-4-9(12)13/h11H,2-7H2,1H3. The minimum Gasteiger partial charge on any atom is -0.332 e. The van der Waals surface area contributed by atoms with Crippen LogP contribution in [0, 0.1) is 5.41 Å². The lowest BCUT2D eigenvalue weighted by Crippen LogP contribution is -2.32. The second kappa shape index (κ2) is 5.94. The topological polar surface area (TPSA) is 105 Å². The van der Waals surface area contributed by atoms with Crippen molar-refractivity contribution in [3.63, 3.8) is 0 Å². The van der Waals surface area contributed by atoms with Gasteiger partial charge in [0.2, 0.25) is 0 Å². The number of carbonyl (C=O) groups excluding carboxylic acids is 2. The van der Waals surface area contributed by atoms with Gasteiger partial charge in [-0.25, -0.2) is 13.2 Å². The quantitative estimate of drug-likeness (QED) is 0.749. The van der Waals surface area contributed by atoms with Crippen molar-refractivity contribution < 1.29 is 22.8 Å². The Morgan fingerprint density at radius 1 is 1.39 bits per heavy atom. The number of hydrogen-bond donors (Lipinski definition) is 1. The van der Waals surface area contributed by atoms with Crippen LogP contribution in [0.25, 0.3) is 0 Å². The van der Waals surface area contributed by atoms with Crippen LogP contribution in [0.5, 0.6) is 0 Å². The molecule has 102 valence electrons. The number of sulfone groups is 1. The third kappa shape index (κ3) is 4.10. The van der Waals surface area contributed by atoms with Crippen LogP contribution in [0.1, 0.15) is 32.6 Å². The SMILES string of the molecule is CCCS(=O)(=O)CCC(=O)ON1C(=N)CCC1=O. The van der Waals surface area contributed by atoms with Crippen LogP contribution >= 0.6 is 0 Å². The average Bonchev–Trinajstić information content (AvgIpc) is 2.58. The molecule has 0 spiro atoms.